The van der Waals surface area contributed by atoms with Crippen LogP contribution in [0, 0.1) is 0 Å². The lowest BCUT2D eigenvalue weighted by atomic mass is 9.88. The Morgan fingerprint density at radius 1 is 1.14 bits per heavy atom. The van der Waals surface area contributed by atoms with Crippen molar-refractivity contribution in [3.8, 4) is 0 Å². The molecule has 0 fully saturated rings. The van der Waals surface area contributed by atoms with Crippen LogP contribution in [-0.2, 0) is 12.8 Å². The maximum absolute atomic E-state index is 5.97. The van der Waals surface area contributed by atoms with Gasteiger partial charge in [-0.05, 0) is 55.4 Å². The summed E-state index contributed by atoms with van der Waals surface area (Å²) in [5.74, 6) is 0. The van der Waals surface area contributed by atoms with E-state index in [1.165, 1.54) is 36.8 Å². The third kappa shape index (κ3) is 1.62. The minimum absolute atomic E-state index is 0.0437. The SMILES string of the molecule is CC(N)c1cc2c(cc1N)CCCC2. The molecule has 1 aromatic carbocycles. The predicted octanol–water partition coefficient (Wildman–Crippen LogP) is 2.17. The summed E-state index contributed by atoms with van der Waals surface area (Å²) in [5.41, 5.74) is 16.7. The van der Waals surface area contributed by atoms with E-state index in [1.54, 1.807) is 0 Å². The van der Waals surface area contributed by atoms with Crippen LogP contribution >= 0.6 is 0 Å². The number of nitrogens with two attached hydrogens (primary N) is 2. The number of aryl methyl sites for hydroxylation is 2. The predicted molar refractivity (Wildman–Crippen MR) is 60.1 cm³/mol. The average molecular weight is 190 g/mol. The molecule has 76 valence electrons. The Morgan fingerprint density at radius 3 is 2.29 bits per heavy atom. The van der Waals surface area contributed by atoms with Crippen molar-refractivity contribution in [1.82, 2.24) is 0 Å². The monoisotopic (exact) mass is 190 g/mol. The van der Waals surface area contributed by atoms with Gasteiger partial charge in [0.25, 0.3) is 0 Å². The summed E-state index contributed by atoms with van der Waals surface area (Å²) in [6.07, 6.45) is 4.97. The topological polar surface area (TPSA) is 52.0 Å². The van der Waals surface area contributed by atoms with E-state index in [2.05, 4.69) is 12.1 Å². The van der Waals surface area contributed by atoms with Crippen LogP contribution in [0.4, 0.5) is 5.69 Å². The molecule has 2 rings (SSSR count). The first-order valence-corrected chi connectivity index (χ1v) is 5.35. The highest BCUT2D eigenvalue weighted by Gasteiger charge is 2.13. The molecule has 0 heterocycles. The highest BCUT2D eigenvalue weighted by atomic mass is 14.7. The minimum Gasteiger partial charge on any atom is -0.398 e. The molecule has 1 unspecified atom stereocenters. The standard InChI is InChI=1S/C12H18N2/c1-8(13)11-6-9-4-2-3-5-10(9)7-12(11)14/h6-8H,2-5,13-14H2,1H3. The van der Waals surface area contributed by atoms with E-state index in [9.17, 15) is 0 Å². The number of benzene rings is 1. The molecular formula is C12H18N2. The van der Waals surface area contributed by atoms with Crippen LogP contribution < -0.4 is 11.5 Å². The molecule has 0 amide bonds. The van der Waals surface area contributed by atoms with Crippen molar-refractivity contribution in [2.24, 2.45) is 5.73 Å². The summed E-state index contributed by atoms with van der Waals surface area (Å²) in [5, 5.41) is 0. The molecule has 2 heteroatoms. The summed E-state index contributed by atoms with van der Waals surface area (Å²) < 4.78 is 0. The van der Waals surface area contributed by atoms with Gasteiger partial charge in [0.05, 0.1) is 0 Å². The summed E-state index contributed by atoms with van der Waals surface area (Å²) >= 11 is 0. The molecule has 14 heavy (non-hydrogen) atoms. The molecule has 0 aromatic heterocycles. The molecule has 0 aliphatic heterocycles. The van der Waals surface area contributed by atoms with E-state index < -0.39 is 0 Å². The van der Waals surface area contributed by atoms with Crippen molar-refractivity contribution in [2.45, 2.75) is 38.6 Å². The molecule has 1 aromatic rings. The number of hydrogen-bond donors (Lipinski definition) is 2. The Morgan fingerprint density at radius 2 is 1.71 bits per heavy atom. The van der Waals surface area contributed by atoms with Crippen molar-refractivity contribution in [3.05, 3.63) is 28.8 Å². The number of rotatable bonds is 1. The van der Waals surface area contributed by atoms with Gasteiger partial charge in [0.15, 0.2) is 0 Å². The molecule has 1 aliphatic rings. The van der Waals surface area contributed by atoms with Crippen molar-refractivity contribution in [1.29, 1.82) is 0 Å². The molecule has 0 saturated heterocycles. The first kappa shape index (κ1) is 9.53. The number of hydrogen-bond acceptors (Lipinski definition) is 2. The molecular weight excluding hydrogens is 172 g/mol. The van der Waals surface area contributed by atoms with Crippen molar-refractivity contribution in [3.63, 3.8) is 0 Å². The summed E-state index contributed by atoms with van der Waals surface area (Å²) in [6.45, 7) is 1.99. The molecule has 4 N–H and O–H groups in total. The quantitative estimate of drug-likeness (QED) is 0.667. The average Bonchev–Trinajstić information content (AvgIpc) is 2.16. The molecule has 1 aliphatic carbocycles. The van der Waals surface area contributed by atoms with Gasteiger partial charge >= 0.3 is 0 Å². The van der Waals surface area contributed by atoms with Crippen LogP contribution in [-0.4, -0.2) is 0 Å². The van der Waals surface area contributed by atoms with Gasteiger partial charge in [0.2, 0.25) is 0 Å². The first-order chi connectivity index (χ1) is 6.68. The number of nitrogen functional groups attached to an aromatic ring is 1. The van der Waals surface area contributed by atoms with Crippen LogP contribution in [0.2, 0.25) is 0 Å². The zero-order valence-corrected chi connectivity index (χ0v) is 8.72. The van der Waals surface area contributed by atoms with Crippen LogP contribution in [0.3, 0.4) is 0 Å². The highest BCUT2D eigenvalue weighted by molar-refractivity contribution is 5.54. The van der Waals surface area contributed by atoms with Gasteiger partial charge in [0, 0.05) is 11.7 Å². The fourth-order valence-electron chi connectivity index (χ4n) is 2.22. The van der Waals surface area contributed by atoms with Crippen molar-refractivity contribution < 1.29 is 0 Å². The minimum atomic E-state index is 0.0437. The Hall–Kier alpha value is -1.02. The molecule has 0 radical (unpaired) electrons. The summed E-state index contributed by atoms with van der Waals surface area (Å²) in [6, 6.07) is 4.36. The summed E-state index contributed by atoms with van der Waals surface area (Å²) in [4.78, 5) is 0. The molecule has 0 saturated carbocycles. The van der Waals surface area contributed by atoms with Crippen LogP contribution in [0.15, 0.2) is 12.1 Å². The molecule has 2 nitrogen and oxygen atoms in total. The lowest BCUT2D eigenvalue weighted by molar-refractivity contribution is 0.682. The van der Waals surface area contributed by atoms with Crippen molar-refractivity contribution in [2.75, 3.05) is 5.73 Å². The van der Waals surface area contributed by atoms with Gasteiger partial charge < -0.3 is 11.5 Å². The van der Waals surface area contributed by atoms with E-state index in [1.807, 2.05) is 6.92 Å². The highest BCUT2D eigenvalue weighted by Crippen LogP contribution is 2.28. The lowest BCUT2D eigenvalue weighted by Gasteiger charge is -2.19. The van der Waals surface area contributed by atoms with Gasteiger partial charge in [-0.3, -0.25) is 0 Å². The van der Waals surface area contributed by atoms with Gasteiger partial charge in [-0.2, -0.15) is 0 Å². The van der Waals surface area contributed by atoms with Gasteiger partial charge in [-0.15, -0.1) is 0 Å². The van der Waals surface area contributed by atoms with Gasteiger partial charge in [-0.25, -0.2) is 0 Å². The van der Waals surface area contributed by atoms with Gasteiger partial charge in [0.1, 0.15) is 0 Å². The Kier molecular flexibility index (Phi) is 2.46. The van der Waals surface area contributed by atoms with E-state index in [-0.39, 0.29) is 6.04 Å². The largest absolute Gasteiger partial charge is 0.398 e. The fraction of sp³-hybridized carbons (Fsp3) is 0.500. The smallest absolute Gasteiger partial charge is 0.0365 e. The zero-order valence-electron chi connectivity index (χ0n) is 8.72. The zero-order chi connectivity index (χ0) is 10.1. The van der Waals surface area contributed by atoms with Crippen LogP contribution in [0.5, 0.6) is 0 Å². The maximum Gasteiger partial charge on any atom is 0.0365 e. The first-order valence-electron chi connectivity index (χ1n) is 5.35. The van der Waals surface area contributed by atoms with E-state index in [4.69, 9.17) is 11.5 Å². The maximum atomic E-state index is 5.97. The Balaban J connectivity index is 2.45. The molecule has 0 bridgehead atoms. The molecule has 0 spiro atoms. The van der Waals surface area contributed by atoms with E-state index in [0.717, 1.165) is 11.3 Å². The normalized spacial score (nSPS) is 17.6. The third-order valence-corrected chi connectivity index (χ3v) is 3.04. The molecule has 1 atom stereocenters. The second-order valence-corrected chi connectivity index (χ2v) is 4.25. The van der Waals surface area contributed by atoms with E-state index >= 15 is 0 Å². The third-order valence-electron chi connectivity index (χ3n) is 3.04. The Labute approximate surface area is 85.3 Å². The fourth-order valence-corrected chi connectivity index (χ4v) is 2.22. The van der Waals surface area contributed by atoms with E-state index in [0.29, 0.717) is 0 Å². The van der Waals surface area contributed by atoms with Crippen LogP contribution in [0.1, 0.15) is 42.5 Å². The summed E-state index contributed by atoms with van der Waals surface area (Å²) in [7, 11) is 0. The van der Waals surface area contributed by atoms with Crippen LogP contribution in [0.25, 0.3) is 0 Å². The van der Waals surface area contributed by atoms with Crippen molar-refractivity contribution >= 4 is 5.69 Å². The van der Waals surface area contributed by atoms with Gasteiger partial charge in [-0.1, -0.05) is 6.07 Å². The second-order valence-electron chi connectivity index (χ2n) is 4.25. The number of fused-ring (bicyclic) bond motifs is 1. The second kappa shape index (κ2) is 3.62. The Bertz CT molecular complexity index is 342. The lowest BCUT2D eigenvalue weighted by Crippen LogP contribution is -2.12. The number of anilines is 1.